The van der Waals surface area contributed by atoms with E-state index in [-0.39, 0.29) is 0 Å². The number of nitrogens with zero attached hydrogens (tertiary/aromatic N) is 1. The number of halogens is 1. The second kappa shape index (κ2) is 6.26. The highest BCUT2D eigenvalue weighted by Gasteiger charge is 2.33. The molecule has 6 heteroatoms. The molecule has 0 unspecified atom stereocenters. The monoisotopic (exact) mass is 375 g/mol. The number of benzene rings is 1. The first kappa shape index (κ1) is 16.8. The lowest BCUT2D eigenvalue weighted by Crippen LogP contribution is -2.42. The lowest BCUT2D eigenvalue weighted by atomic mass is 9.94. The molecule has 1 aliphatic rings. The van der Waals surface area contributed by atoms with Gasteiger partial charge in [-0.05, 0) is 52.7 Å². The highest BCUT2D eigenvalue weighted by Crippen LogP contribution is 2.33. The van der Waals surface area contributed by atoms with Crippen LogP contribution in [0.1, 0.15) is 25.8 Å². The number of piperidine rings is 1. The fourth-order valence-electron chi connectivity index (χ4n) is 3.01. The minimum Gasteiger partial charge on any atom is -0.496 e. The third-order valence-electron chi connectivity index (χ3n) is 3.90. The number of aryl methyl sites for hydroxylation is 1. The van der Waals surface area contributed by atoms with Crippen molar-refractivity contribution in [3.05, 3.63) is 22.2 Å². The van der Waals surface area contributed by atoms with Crippen LogP contribution in [0.15, 0.2) is 21.5 Å². The average Bonchev–Trinajstić information content (AvgIpc) is 2.37. The number of hydrogen-bond donors (Lipinski definition) is 0. The van der Waals surface area contributed by atoms with Crippen LogP contribution in [0, 0.1) is 18.8 Å². The highest BCUT2D eigenvalue weighted by molar-refractivity contribution is 9.10. The topological polar surface area (TPSA) is 46.6 Å². The Hall–Kier alpha value is -0.590. The van der Waals surface area contributed by atoms with Gasteiger partial charge in [-0.2, -0.15) is 4.31 Å². The predicted molar refractivity (Wildman–Crippen MR) is 87.1 cm³/mol. The van der Waals surface area contributed by atoms with Gasteiger partial charge in [-0.15, -0.1) is 0 Å². The van der Waals surface area contributed by atoms with Gasteiger partial charge in [0.2, 0.25) is 10.0 Å². The fourth-order valence-corrected chi connectivity index (χ4v) is 5.53. The van der Waals surface area contributed by atoms with Gasteiger partial charge < -0.3 is 4.74 Å². The smallest absolute Gasteiger partial charge is 0.243 e. The first-order valence-corrected chi connectivity index (χ1v) is 9.33. The van der Waals surface area contributed by atoms with Gasteiger partial charge in [-0.1, -0.05) is 13.8 Å². The van der Waals surface area contributed by atoms with E-state index in [2.05, 4.69) is 29.8 Å². The molecule has 0 spiro atoms. The molecule has 1 aromatic rings. The molecule has 0 N–H and O–H groups in total. The normalized spacial score (nSPS) is 24.0. The summed E-state index contributed by atoms with van der Waals surface area (Å²) in [6.45, 7) is 7.20. The molecule has 0 saturated carbocycles. The Balaban J connectivity index is 2.44. The Morgan fingerprint density at radius 1 is 1.24 bits per heavy atom. The fraction of sp³-hybridized carbons (Fsp3) is 0.600. The van der Waals surface area contributed by atoms with Crippen LogP contribution in [0.4, 0.5) is 0 Å². The Bertz CT molecular complexity index is 620. The van der Waals surface area contributed by atoms with Crippen molar-refractivity contribution in [1.29, 1.82) is 0 Å². The number of methoxy groups -OCH3 is 1. The molecule has 2 atom stereocenters. The van der Waals surface area contributed by atoms with Crippen LogP contribution in [0.25, 0.3) is 0 Å². The van der Waals surface area contributed by atoms with Crippen LogP contribution in [-0.2, 0) is 10.0 Å². The van der Waals surface area contributed by atoms with Crippen molar-refractivity contribution in [2.75, 3.05) is 20.2 Å². The van der Waals surface area contributed by atoms with Gasteiger partial charge in [-0.3, -0.25) is 0 Å². The molecule has 1 saturated heterocycles. The summed E-state index contributed by atoms with van der Waals surface area (Å²) in [5.74, 6) is 1.32. The molecule has 21 heavy (non-hydrogen) atoms. The van der Waals surface area contributed by atoms with Gasteiger partial charge in [0.1, 0.15) is 5.75 Å². The highest BCUT2D eigenvalue weighted by atomic mass is 79.9. The summed E-state index contributed by atoms with van der Waals surface area (Å²) in [7, 11) is -1.94. The maximum Gasteiger partial charge on any atom is 0.243 e. The van der Waals surface area contributed by atoms with Crippen molar-refractivity contribution in [1.82, 2.24) is 4.31 Å². The summed E-state index contributed by atoms with van der Waals surface area (Å²) in [5, 5.41) is 0. The van der Waals surface area contributed by atoms with Gasteiger partial charge in [0.25, 0.3) is 0 Å². The molecule has 4 nitrogen and oxygen atoms in total. The summed E-state index contributed by atoms with van der Waals surface area (Å²) >= 11 is 3.39. The van der Waals surface area contributed by atoms with E-state index in [0.717, 1.165) is 16.5 Å². The molecular weight excluding hydrogens is 354 g/mol. The van der Waals surface area contributed by atoms with Crippen LogP contribution >= 0.6 is 15.9 Å². The van der Waals surface area contributed by atoms with E-state index in [0.29, 0.717) is 35.6 Å². The lowest BCUT2D eigenvalue weighted by molar-refractivity contribution is 0.222. The summed E-state index contributed by atoms with van der Waals surface area (Å²) in [6.07, 6.45) is 1.08. The molecule has 1 fully saturated rings. The standard InChI is InChI=1S/C15H22BrNO3S/c1-10-5-11(2)9-17(8-10)21(18,19)15-7-14(20-4)13(16)6-12(15)3/h6-7,10-11H,5,8-9H2,1-4H3/t10-,11+. The largest absolute Gasteiger partial charge is 0.496 e. The lowest BCUT2D eigenvalue weighted by Gasteiger charge is -2.34. The molecule has 0 bridgehead atoms. The summed E-state index contributed by atoms with van der Waals surface area (Å²) in [5.41, 5.74) is 0.730. The maximum atomic E-state index is 12.9. The maximum absolute atomic E-state index is 12.9. The van der Waals surface area contributed by atoms with Gasteiger partial charge in [0, 0.05) is 19.2 Å². The van der Waals surface area contributed by atoms with Crippen molar-refractivity contribution in [3.63, 3.8) is 0 Å². The van der Waals surface area contributed by atoms with Gasteiger partial charge >= 0.3 is 0 Å². The quantitative estimate of drug-likeness (QED) is 0.812. The van der Waals surface area contributed by atoms with E-state index < -0.39 is 10.0 Å². The first-order chi connectivity index (χ1) is 9.75. The minimum absolute atomic E-state index is 0.337. The van der Waals surface area contributed by atoms with Gasteiger partial charge in [0.15, 0.2) is 0 Å². The third-order valence-corrected chi connectivity index (χ3v) is 6.50. The van der Waals surface area contributed by atoms with Gasteiger partial charge in [0.05, 0.1) is 16.5 Å². The minimum atomic E-state index is -3.48. The van der Waals surface area contributed by atoms with E-state index in [1.165, 1.54) is 7.11 Å². The second-order valence-electron chi connectivity index (χ2n) is 6.02. The molecule has 118 valence electrons. The van der Waals surface area contributed by atoms with E-state index >= 15 is 0 Å². The van der Waals surface area contributed by atoms with Gasteiger partial charge in [-0.25, -0.2) is 8.42 Å². The van der Waals surface area contributed by atoms with Crippen LogP contribution in [-0.4, -0.2) is 32.9 Å². The Labute approximate surface area is 135 Å². The predicted octanol–water partition coefficient (Wildman–Crippen LogP) is 3.43. The van der Waals surface area contributed by atoms with Crippen molar-refractivity contribution >= 4 is 26.0 Å². The van der Waals surface area contributed by atoms with Crippen LogP contribution in [0.3, 0.4) is 0 Å². The van der Waals surface area contributed by atoms with Crippen molar-refractivity contribution in [2.24, 2.45) is 11.8 Å². The molecule has 2 rings (SSSR count). The van der Waals surface area contributed by atoms with E-state index in [9.17, 15) is 8.42 Å². The van der Waals surface area contributed by atoms with Crippen molar-refractivity contribution < 1.29 is 13.2 Å². The zero-order chi connectivity index (χ0) is 15.8. The van der Waals surface area contributed by atoms with E-state index in [4.69, 9.17) is 4.74 Å². The summed E-state index contributed by atoms with van der Waals surface area (Å²) in [6, 6.07) is 3.40. The van der Waals surface area contributed by atoms with E-state index in [1.807, 2.05) is 6.92 Å². The number of sulfonamides is 1. The molecule has 0 radical (unpaired) electrons. The SMILES string of the molecule is COc1cc(S(=O)(=O)N2C[C@H](C)C[C@H](C)C2)c(C)cc1Br. The summed E-state index contributed by atoms with van der Waals surface area (Å²) in [4.78, 5) is 0.337. The molecule has 0 amide bonds. The molecule has 0 aliphatic carbocycles. The van der Waals surface area contributed by atoms with Crippen molar-refractivity contribution in [3.8, 4) is 5.75 Å². The molecule has 1 aliphatic heterocycles. The third kappa shape index (κ3) is 3.43. The molecule has 1 heterocycles. The zero-order valence-corrected chi connectivity index (χ0v) is 15.3. The summed E-state index contributed by atoms with van der Waals surface area (Å²) < 4.78 is 33.5. The molecule has 1 aromatic carbocycles. The van der Waals surface area contributed by atoms with E-state index in [1.54, 1.807) is 16.4 Å². The molecular formula is C15H22BrNO3S. The van der Waals surface area contributed by atoms with Crippen LogP contribution < -0.4 is 4.74 Å². The van der Waals surface area contributed by atoms with Crippen molar-refractivity contribution in [2.45, 2.75) is 32.1 Å². The first-order valence-electron chi connectivity index (χ1n) is 7.10. The Morgan fingerprint density at radius 2 is 1.81 bits per heavy atom. The number of rotatable bonds is 3. The zero-order valence-electron chi connectivity index (χ0n) is 12.9. The number of hydrogen-bond acceptors (Lipinski definition) is 3. The molecule has 0 aromatic heterocycles. The average molecular weight is 376 g/mol. The number of ether oxygens (including phenoxy) is 1. The Morgan fingerprint density at radius 3 is 2.33 bits per heavy atom. The second-order valence-corrected chi connectivity index (χ2v) is 8.78. The Kier molecular flexibility index (Phi) is 5.00. The van der Waals surface area contributed by atoms with Crippen LogP contribution in [0.5, 0.6) is 5.75 Å². The van der Waals surface area contributed by atoms with Crippen LogP contribution in [0.2, 0.25) is 0 Å².